The molecule has 6 heteroatoms. The Hall–Kier alpha value is -1.43. The van der Waals surface area contributed by atoms with Crippen molar-refractivity contribution in [1.29, 1.82) is 0 Å². The lowest BCUT2D eigenvalue weighted by atomic mass is 9.99. The molecular formula is C15H18BrFN2O2. The Bertz CT molecular complexity index is 563. The van der Waals surface area contributed by atoms with Gasteiger partial charge in [-0.15, -0.1) is 0 Å². The molecule has 1 atom stereocenters. The highest BCUT2D eigenvalue weighted by molar-refractivity contribution is 9.10. The minimum absolute atomic E-state index is 0.0236. The average molecular weight is 357 g/mol. The van der Waals surface area contributed by atoms with Crippen LogP contribution in [0.15, 0.2) is 22.7 Å². The van der Waals surface area contributed by atoms with Gasteiger partial charge in [-0.25, -0.2) is 4.39 Å². The first kappa shape index (κ1) is 15.9. The van der Waals surface area contributed by atoms with E-state index in [2.05, 4.69) is 21.2 Å². The van der Waals surface area contributed by atoms with Gasteiger partial charge in [0.05, 0.1) is 11.0 Å². The largest absolute Gasteiger partial charge is 0.345 e. The number of nitrogens with zero attached hydrogens (tertiary/aromatic N) is 1. The molecule has 0 radical (unpaired) electrons. The molecule has 2 amide bonds. The summed E-state index contributed by atoms with van der Waals surface area (Å²) >= 11 is 3.14. The van der Waals surface area contributed by atoms with Crippen molar-refractivity contribution < 1.29 is 14.0 Å². The molecule has 0 spiro atoms. The number of carbonyl (C=O) groups excluding carboxylic acids is 2. The van der Waals surface area contributed by atoms with Crippen LogP contribution in [0.1, 0.15) is 25.8 Å². The van der Waals surface area contributed by atoms with Crippen molar-refractivity contribution >= 4 is 27.7 Å². The first-order valence-corrected chi connectivity index (χ1v) is 7.69. The molecule has 0 bridgehead atoms. The molecule has 1 aromatic rings. The Morgan fingerprint density at radius 1 is 1.43 bits per heavy atom. The first-order chi connectivity index (χ1) is 9.88. The van der Waals surface area contributed by atoms with Gasteiger partial charge in [-0.2, -0.15) is 0 Å². The van der Waals surface area contributed by atoms with Gasteiger partial charge in [-0.05, 0) is 46.0 Å². The highest BCUT2D eigenvalue weighted by Crippen LogP contribution is 2.21. The van der Waals surface area contributed by atoms with Gasteiger partial charge in [0, 0.05) is 6.54 Å². The smallest absolute Gasteiger partial charge is 0.243 e. The fraction of sp³-hybridized carbons (Fsp3) is 0.467. The maximum Gasteiger partial charge on any atom is 0.243 e. The van der Waals surface area contributed by atoms with Gasteiger partial charge in [0.25, 0.3) is 0 Å². The number of piperazine rings is 1. The number of benzene rings is 1. The molecule has 0 aliphatic carbocycles. The summed E-state index contributed by atoms with van der Waals surface area (Å²) in [5.41, 5.74) is 0.792. The summed E-state index contributed by atoms with van der Waals surface area (Å²) in [4.78, 5) is 25.7. The lowest BCUT2D eigenvalue weighted by molar-refractivity contribution is -0.146. The van der Waals surface area contributed by atoms with Gasteiger partial charge in [-0.1, -0.05) is 19.9 Å². The van der Waals surface area contributed by atoms with Gasteiger partial charge in [0.2, 0.25) is 11.8 Å². The molecule has 1 saturated heterocycles. The number of amides is 2. The molecule has 0 aromatic heterocycles. The molecule has 114 valence electrons. The molecular weight excluding hydrogens is 339 g/mol. The standard InChI is InChI=1S/C15H18BrFN2O2/c1-9(2)5-13-15(21)18-7-14(20)19(13)8-10-3-4-12(17)11(16)6-10/h3-4,6,9,13H,5,7-8H2,1-2H3,(H,18,21). The number of nitrogens with one attached hydrogen (secondary N) is 1. The second kappa shape index (κ2) is 6.56. The monoisotopic (exact) mass is 356 g/mol. The molecule has 0 saturated carbocycles. The fourth-order valence-electron chi connectivity index (χ4n) is 2.41. The Balaban J connectivity index is 2.21. The predicted molar refractivity (Wildman–Crippen MR) is 80.9 cm³/mol. The van der Waals surface area contributed by atoms with E-state index in [-0.39, 0.29) is 24.2 Å². The zero-order valence-electron chi connectivity index (χ0n) is 12.0. The summed E-state index contributed by atoms with van der Waals surface area (Å²) in [6, 6.07) is 4.16. The summed E-state index contributed by atoms with van der Waals surface area (Å²) in [7, 11) is 0. The van der Waals surface area contributed by atoms with Crippen molar-refractivity contribution in [3.8, 4) is 0 Å². The van der Waals surface area contributed by atoms with Crippen LogP contribution in [-0.4, -0.2) is 29.3 Å². The second-order valence-electron chi connectivity index (χ2n) is 5.63. The minimum Gasteiger partial charge on any atom is -0.345 e. The highest BCUT2D eigenvalue weighted by Gasteiger charge is 2.34. The van der Waals surface area contributed by atoms with Crippen molar-refractivity contribution in [2.75, 3.05) is 6.54 Å². The predicted octanol–water partition coefficient (Wildman–Crippen LogP) is 2.46. The maximum atomic E-state index is 13.3. The Morgan fingerprint density at radius 3 is 2.76 bits per heavy atom. The van der Waals surface area contributed by atoms with E-state index in [0.29, 0.717) is 23.4 Å². The van der Waals surface area contributed by atoms with Crippen LogP contribution in [-0.2, 0) is 16.1 Å². The zero-order valence-corrected chi connectivity index (χ0v) is 13.6. The van der Waals surface area contributed by atoms with E-state index in [4.69, 9.17) is 0 Å². The third kappa shape index (κ3) is 3.81. The number of halogens is 2. The zero-order chi connectivity index (χ0) is 15.6. The van der Waals surface area contributed by atoms with E-state index < -0.39 is 6.04 Å². The lowest BCUT2D eigenvalue weighted by Crippen LogP contribution is -2.58. The lowest BCUT2D eigenvalue weighted by Gasteiger charge is -2.36. The van der Waals surface area contributed by atoms with Crippen LogP contribution in [0.3, 0.4) is 0 Å². The van der Waals surface area contributed by atoms with Gasteiger partial charge >= 0.3 is 0 Å². The van der Waals surface area contributed by atoms with Crippen molar-refractivity contribution in [2.24, 2.45) is 5.92 Å². The fourth-order valence-corrected chi connectivity index (χ4v) is 2.84. The Morgan fingerprint density at radius 2 is 2.14 bits per heavy atom. The molecule has 1 aromatic carbocycles. The SMILES string of the molecule is CC(C)CC1C(=O)NCC(=O)N1Cc1ccc(F)c(Br)c1. The van der Waals surface area contributed by atoms with E-state index >= 15 is 0 Å². The summed E-state index contributed by atoms with van der Waals surface area (Å²) in [6.45, 7) is 4.36. The molecule has 1 aliphatic rings. The van der Waals surface area contributed by atoms with Crippen LogP contribution in [0.25, 0.3) is 0 Å². The van der Waals surface area contributed by atoms with E-state index in [9.17, 15) is 14.0 Å². The summed E-state index contributed by atoms with van der Waals surface area (Å²) in [5.74, 6) is -0.278. The summed E-state index contributed by atoms with van der Waals surface area (Å²) < 4.78 is 13.6. The van der Waals surface area contributed by atoms with E-state index in [1.54, 1.807) is 17.0 Å². The third-order valence-corrected chi connectivity index (χ3v) is 4.05. The third-order valence-electron chi connectivity index (χ3n) is 3.44. The maximum absolute atomic E-state index is 13.3. The van der Waals surface area contributed by atoms with Crippen LogP contribution >= 0.6 is 15.9 Å². The molecule has 4 nitrogen and oxygen atoms in total. The average Bonchev–Trinajstić information content (AvgIpc) is 2.41. The van der Waals surface area contributed by atoms with Gasteiger partial charge in [0.1, 0.15) is 11.9 Å². The van der Waals surface area contributed by atoms with Crippen molar-refractivity contribution in [3.05, 3.63) is 34.1 Å². The normalized spacial score (nSPS) is 19.1. The Kier molecular flexibility index (Phi) is 4.98. The molecule has 1 aliphatic heterocycles. The highest BCUT2D eigenvalue weighted by atomic mass is 79.9. The number of hydrogen-bond acceptors (Lipinski definition) is 2. The summed E-state index contributed by atoms with van der Waals surface area (Å²) in [6.07, 6.45) is 0.611. The second-order valence-corrected chi connectivity index (χ2v) is 6.49. The Labute approximate surface area is 131 Å². The quantitative estimate of drug-likeness (QED) is 0.900. The topological polar surface area (TPSA) is 49.4 Å². The van der Waals surface area contributed by atoms with Crippen LogP contribution in [0.4, 0.5) is 4.39 Å². The van der Waals surface area contributed by atoms with E-state index in [1.165, 1.54) is 6.07 Å². The summed E-state index contributed by atoms with van der Waals surface area (Å²) in [5, 5.41) is 2.62. The van der Waals surface area contributed by atoms with Crippen molar-refractivity contribution in [2.45, 2.75) is 32.9 Å². The van der Waals surface area contributed by atoms with Crippen LogP contribution < -0.4 is 5.32 Å². The van der Waals surface area contributed by atoms with Crippen LogP contribution in [0.5, 0.6) is 0 Å². The van der Waals surface area contributed by atoms with Crippen LogP contribution in [0.2, 0.25) is 0 Å². The molecule has 1 unspecified atom stereocenters. The molecule has 1 heterocycles. The molecule has 2 rings (SSSR count). The first-order valence-electron chi connectivity index (χ1n) is 6.89. The van der Waals surface area contributed by atoms with E-state index in [1.807, 2.05) is 13.8 Å². The van der Waals surface area contributed by atoms with Crippen LogP contribution in [0, 0.1) is 11.7 Å². The number of rotatable bonds is 4. The van der Waals surface area contributed by atoms with Crippen molar-refractivity contribution in [3.63, 3.8) is 0 Å². The minimum atomic E-state index is -0.463. The molecule has 1 fully saturated rings. The molecule has 21 heavy (non-hydrogen) atoms. The van der Waals surface area contributed by atoms with Gasteiger partial charge in [0.15, 0.2) is 0 Å². The number of hydrogen-bond donors (Lipinski definition) is 1. The van der Waals surface area contributed by atoms with Gasteiger partial charge in [-0.3, -0.25) is 9.59 Å². The van der Waals surface area contributed by atoms with Gasteiger partial charge < -0.3 is 10.2 Å². The van der Waals surface area contributed by atoms with Crippen molar-refractivity contribution in [1.82, 2.24) is 10.2 Å². The number of carbonyl (C=O) groups is 2. The molecule has 1 N–H and O–H groups in total. The van der Waals surface area contributed by atoms with E-state index in [0.717, 1.165) is 5.56 Å².